The number of hydrogen-bond donors (Lipinski definition) is 0. The van der Waals surface area contributed by atoms with Crippen LogP contribution in [0.25, 0.3) is 0 Å². The summed E-state index contributed by atoms with van der Waals surface area (Å²) in [5.41, 5.74) is 1.18. The number of rotatable bonds is 5. The van der Waals surface area contributed by atoms with E-state index in [1.165, 1.54) is 5.47 Å². The van der Waals surface area contributed by atoms with Gasteiger partial charge in [0.2, 0.25) is 0 Å². The molecule has 1 saturated heterocycles. The number of benzene rings is 1. The molecule has 3 rings (SSSR count). The predicted molar refractivity (Wildman–Crippen MR) is 107 cm³/mol. The van der Waals surface area contributed by atoms with Crippen molar-refractivity contribution in [3.05, 3.63) is 47.4 Å². The van der Waals surface area contributed by atoms with Crippen LogP contribution in [0.1, 0.15) is 70.7 Å². The fourth-order valence-electron chi connectivity index (χ4n) is 3.60. The fourth-order valence-corrected chi connectivity index (χ4v) is 3.60. The molecule has 0 aromatic heterocycles. The molecule has 1 fully saturated rings. The molecule has 0 amide bonds. The maximum Gasteiger partial charge on any atom is 0.490 e. The molecule has 1 atom stereocenters. The van der Waals surface area contributed by atoms with Gasteiger partial charge in [-0.15, -0.1) is 0 Å². The summed E-state index contributed by atoms with van der Waals surface area (Å²) in [6.45, 7) is 10.9. The summed E-state index contributed by atoms with van der Waals surface area (Å²) in [7, 11) is -0.267. The molecule has 1 aliphatic carbocycles. The SMILES string of the molecule is CCC1(COC(=O)c2ccccc2)CC=C(B2OC(C)(C)C(C)(C)O2)CC1. The molecule has 27 heavy (non-hydrogen) atoms. The van der Waals surface area contributed by atoms with E-state index in [0.717, 1.165) is 25.7 Å². The minimum atomic E-state index is -0.316. The number of carbonyl (C=O) groups is 1. The molecule has 1 aromatic rings. The molecule has 5 heteroatoms. The fraction of sp³-hybridized carbons (Fsp3) is 0.591. The van der Waals surface area contributed by atoms with Crippen molar-refractivity contribution in [2.45, 2.75) is 71.5 Å². The lowest BCUT2D eigenvalue weighted by Gasteiger charge is -2.35. The summed E-state index contributed by atoms with van der Waals surface area (Å²) in [6, 6.07) is 9.18. The first-order valence-electron chi connectivity index (χ1n) is 9.95. The molecular formula is C22H31BO4. The van der Waals surface area contributed by atoms with E-state index in [2.05, 4.69) is 40.7 Å². The van der Waals surface area contributed by atoms with Gasteiger partial charge >= 0.3 is 13.1 Å². The Hall–Kier alpha value is -1.59. The Morgan fingerprint density at radius 1 is 1.11 bits per heavy atom. The quantitative estimate of drug-likeness (QED) is 0.542. The Balaban J connectivity index is 1.62. The van der Waals surface area contributed by atoms with Gasteiger partial charge in [0.25, 0.3) is 0 Å². The van der Waals surface area contributed by atoms with Crippen LogP contribution < -0.4 is 0 Å². The van der Waals surface area contributed by atoms with Crippen molar-refractivity contribution in [1.29, 1.82) is 0 Å². The predicted octanol–water partition coefficient (Wildman–Crippen LogP) is 4.98. The topological polar surface area (TPSA) is 44.8 Å². The molecule has 1 aromatic carbocycles. The zero-order chi connectivity index (χ0) is 19.7. The Kier molecular flexibility index (Phi) is 5.55. The van der Waals surface area contributed by atoms with Crippen molar-refractivity contribution >= 4 is 13.1 Å². The Bertz CT molecular complexity index is 694. The Morgan fingerprint density at radius 3 is 2.26 bits per heavy atom. The third kappa shape index (κ3) is 4.14. The number of esters is 1. The second-order valence-corrected chi connectivity index (χ2v) is 8.87. The lowest BCUT2D eigenvalue weighted by Crippen LogP contribution is -2.41. The number of hydrogen-bond acceptors (Lipinski definition) is 4. The highest BCUT2D eigenvalue weighted by atomic mass is 16.7. The summed E-state index contributed by atoms with van der Waals surface area (Å²) < 4.78 is 18.0. The van der Waals surface area contributed by atoms with Gasteiger partial charge in [-0.3, -0.25) is 0 Å². The van der Waals surface area contributed by atoms with E-state index in [9.17, 15) is 4.79 Å². The Morgan fingerprint density at radius 2 is 1.74 bits per heavy atom. The highest BCUT2D eigenvalue weighted by Gasteiger charge is 2.52. The molecule has 0 bridgehead atoms. The van der Waals surface area contributed by atoms with Crippen molar-refractivity contribution < 1.29 is 18.8 Å². The second kappa shape index (κ2) is 7.44. The van der Waals surface area contributed by atoms with E-state index in [1.807, 2.05) is 18.2 Å². The van der Waals surface area contributed by atoms with Crippen LogP contribution in [0.4, 0.5) is 0 Å². The standard InChI is InChI=1S/C22H31BO4/c1-6-22(16-25-19(24)17-10-8-7-9-11-17)14-12-18(13-15-22)23-26-20(2,3)21(4,5)27-23/h7-12H,6,13-16H2,1-5H3. The van der Waals surface area contributed by atoms with Gasteiger partial charge in [-0.1, -0.05) is 31.2 Å². The Labute approximate surface area is 163 Å². The lowest BCUT2D eigenvalue weighted by molar-refractivity contribution is 0.00578. The average Bonchev–Trinajstić information content (AvgIpc) is 2.88. The van der Waals surface area contributed by atoms with Crippen LogP contribution in [0.2, 0.25) is 0 Å². The zero-order valence-electron chi connectivity index (χ0n) is 17.2. The largest absolute Gasteiger partial charge is 0.490 e. The van der Waals surface area contributed by atoms with Crippen molar-refractivity contribution in [2.24, 2.45) is 5.41 Å². The first-order valence-corrected chi connectivity index (χ1v) is 9.95. The van der Waals surface area contributed by atoms with Gasteiger partial charge in [-0.05, 0) is 71.0 Å². The van der Waals surface area contributed by atoms with Gasteiger partial charge < -0.3 is 14.0 Å². The molecule has 2 aliphatic rings. The van der Waals surface area contributed by atoms with E-state index < -0.39 is 0 Å². The third-order valence-corrected chi connectivity index (χ3v) is 6.57. The van der Waals surface area contributed by atoms with Gasteiger partial charge in [0.05, 0.1) is 23.4 Å². The van der Waals surface area contributed by atoms with E-state index >= 15 is 0 Å². The number of ether oxygens (including phenoxy) is 1. The summed E-state index contributed by atoms with van der Waals surface area (Å²) in [5, 5.41) is 0. The highest BCUT2D eigenvalue weighted by Crippen LogP contribution is 2.44. The van der Waals surface area contributed by atoms with Gasteiger partial charge in [0.15, 0.2) is 0 Å². The van der Waals surface area contributed by atoms with Gasteiger partial charge in [-0.2, -0.15) is 0 Å². The summed E-state index contributed by atoms with van der Waals surface area (Å²) in [5.74, 6) is -0.246. The number of allylic oxidation sites excluding steroid dienone is 2. The summed E-state index contributed by atoms with van der Waals surface area (Å²) in [6.07, 6.45) is 5.98. The highest BCUT2D eigenvalue weighted by molar-refractivity contribution is 6.54. The molecule has 4 nitrogen and oxygen atoms in total. The van der Waals surface area contributed by atoms with Crippen LogP contribution in [-0.4, -0.2) is 30.9 Å². The minimum Gasteiger partial charge on any atom is -0.461 e. The molecule has 0 N–H and O–H groups in total. The molecule has 0 saturated carbocycles. The van der Waals surface area contributed by atoms with Gasteiger partial charge in [-0.25, -0.2) is 4.79 Å². The normalized spacial score (nSPS) is 26.6. The molecular weight excluding hydrogens is 339 g/mol. The van der Waals surface area contributed by atoms with Crippen molar-refractivity contribution in [2.75, 3.05) is 6.61 Å². The van der Waals surface area contributed by atoms with Gasteiger partial charge in [0.1, 0.15) is 0 Å². The molecule has 0 spiro atoms. The van der Waals surface area contributed by atoms with E-state index in [0.29, 0.717) is 12.2 Å². The first kappa shape index (κ1) is 20.2. The van der Waals surface area contributed by atoms with E-state index in [-0.39, 0.29) is 29.7 Å². The number of carbonyl (C=O) groups excluding carboxylic acids is 1. The molecule has 146 valence electrons. The zero-order valence-corrected chi connectivity index (χ0v) is 17.2. The summed E-state index contributed by atoms with van der Waals surface area (Å²) in [4.78, 5) is 12.3. The van der Waals surface area contributed by atoms with Crippen molar-refractivity contribution in [3.63, 3.8) is 0 Å². The lowest BCUT2D eigenvalue weighted by atomic mass is 9.65. The third-order valence-electron chi connectivity index (χ3n) is 6.57. The monoisotopic (exact) mass is 370 g/mol. The van der Waals surface area contributed by atoms with Crippen molar-refractivity contribution in [3.8, 4) is 0 Å². The van der Waals surface area contributed by atoms with Crippen LogP contribution in [-0.2, 0) is 14.0 Å². The second-order valence-electron chi connectivity index (χ2n) is 8.87. The van der Waals surface area contributed by atoms with Crippen LogP contribution >= 0.6 is 0 Å². The molecule has 1 heterocycles. The first-order chi connectivity index (χ1) is 12.7. The molecule has 1 unspecified atom stereocenters. The summed E-state index contributed by atoms with van der Waals surface area (Å²) >= 11 is 0. The maximum absolute atomic E-state index is 12.3. The van der Waals surface area contributed by atoms with Crippen LogP contribution in [0.5, 0.6) is 0 Å². The van der Waals surface area contributed by atoms with E-state index in [4.69, 9.17) is 14.0 Å². The maximum atomic E-state index is 12.3. The van der Waals surface area contributed by atoms with Crippen LogP contribution in [0, 0.1) is 5.41 Å². The minimum absolute atomic E-state index is 0.00240. The smallest absolute Gasteiger partial charge is 0.461 e. The average molecular weight is 370 g/mol. The van der Waals surface area contributed by atoms with Gasteiger partial charge in [0, 0.05) is 5.41 Å². The van der Waals surface area contributed by atoms with Crippen LogP contribution in [0.15, 0.2) is 41.9 Å². The van der Waals surface area contributed by atoms with Crippen LogP contribution in [0.3, 0.4) is 0 Å². The molecule has 0 radical (unpaired) electrons. The van der Waals surface area contributed by atoms with Crippen molar-refractivity contribution in [1.82, 2.24) is 0 Å². The van der Waals surface area contributed by atoms with E-state index in [1.54, 1.807) is 12.1 Å². The molecule has 1 aliphatic heterocycles.